The van der Waals surface area contributed by atoms with Gasteiger partial charge in [0.1, 0.15) is 0 Å². The van der Waals surface area contributed by atoms with Crippen molar-refractivity contribution < 1.29 is 4.79 Å². The summed E-state index contributed by atoms with van der Waals surface area (Å²) in [5.41, 5.74) is 2.44. The molecule has 2 amide bonds. The summed E-state index contributed by atoms with van der Waals surface area (Å²) in [6.45, 7) is 2.72. The number of nitrogens with one attached hydrogen (secondary N) is 2. The van der Waals surface area contributed by atoms with Crippen LogP contribution >= 0.6 is 11.6 Å². The predicted octanol–water partition coefficient (Wildman–Crippen LogP) is 4.28. The quantitative estimate of drug-likeness (QED) is 0.838. The first-order valence-corrected chi connectivity index (χ1v) is 7.98. The number of halogens is 1. The van der Waals surface area contributed by atoms with E-state index >= 15 is 0 Å². The normalized spacial score (nSPS) is 16.0. The smallest absolute Gasteiger partial charge is 0.318 e. The number of rotatable bonds is 5. The minimum absolute atomic E-state index is 0.138. The van der Waals surface area contributed by atoms with Crippen molar-refractivity contribution >= 4 is 17.6 Å². The van der Waals surface area contributed by atoms with Crippen LogP contribution in [-0.4, -0.2) is 12.6 Å². The van der Waals surface area contributed by atoms with Crippen LogP contribution in [0.25, 0.3) is 0 Å². The van der Waals surface area contributed by atoms with Crippen molar-refractivity contribution in [2.75, 3.05) is 6.54 Å². The van der Waals surface area contributed by atoms with Gasteiger partial charge in [-0.15, -0.1) is 0 Å². The summed E-state index contributed by atoms with van der Waals surface area (Å²) in [5, 5.41) is 6.42. The van der Waals surface area contributed by atoms with Crippen LogP contribution in [0.1, 0.15) is 38.2 Å². The number of allylic oxidation sites excluding steroid dienone is 1. The summed E-state index contributed by atoms with van der Waals surface area (Å²) >= 11 is 5.83. The van der Waals surface area contributed by atoms with Gasteiger partial charge in [-0.1, -0.05) is 42.1 Å². The van der Waals surface area contributed by atoms with Crippen LogP contribution in [0.5, 0.6) is 0 Å². The summed E-state index contributed by atoms with van der Waals surface area (Å²) < 4.78 is 0. The first-order valence-electron chi connectivity index (χ1n) is 7.60. The molecule has 0 spiro atoms. The zero-order chi connectivity index (χ0) is 15.1. The molecule has 3 nitrogen and oxygen atoms in total. The molecule has 0 saturated heterocycles. The van der Waals surface area contributed by atoms with Gasteiger partial charge in [-0.25, -0.2) is 4.79 Å². The maximum Gasteiger partial charge on any atom is 0.318 e. The first-order chi connectivity index (χ1) is 10.1. The number of amides is 2. The van der Waals surface area contributed by atoms with Crippen LogP contribution in [0.4, 0.5) is 4.79 Å². The van der Waals surface area contributed by atoms with E-state index in [0.29, 0.717) is 12.5 Å². The van der Waals surface area contributed by atoms with Crippen molar-refractivity contribution in [3.05, 3.63) is 46.6 Å². The fraction of sp³-hybridized carbons (Fsp3) is 0.471. The lowest BCUT2D eigenvalue weighted by molar-refractivity contribution is 0.244. The first kappa shape index (κ1) is 15.9. The Morgan fingerprint density at radius 2 is 1.95 bits per heavy atom. The molecule has 0 bridgehead atoms. The molecule has 1 aromatic rings. The Balaban J connectivity index is 1.67. The zero-order valence-electron chi connectivity index (χ0n) is 12.5. The zero-order valence-corrected chi connectivity index (χ0v) is 13.2. The monoisotopic (exact) mass is 306 g/mol. The second-order valence-corrected chi connectivity index (χ2v) is 6.08. The topological polar surface area (TPSA) is 41.1 Å². The van der Waals surface area contributed by atoms with E-state index in [1.54, 1.807) is 0 Å². The second kappa shape index (κ2) is 8.08. The Hall–Kier alpha value is -1.48. The molecule has 2 N–H and O–H groups in total. The molecule has 0 unspecified atom stereocenters. The minimum atomic E-state index is -0.138. The molecule has 4 heteroatoms. The van der Waals surface area contributed by atoms with Gasteiger partial charge in [-0.3, -0.25) is 0 Å². The summed E-state index contributed by atoms with van der Waals surface area (Å²) in [7, 11) is 0. The van der Waals surface area contributed by atoms with Crippen molar-refractivity contribution in [2.24, 2.45) is 5.92 Å². The van der Waals surface area contributed by atoms with Gasteiger partial charge < -0.3 is 10.6 Å². The van der Waals surface area contributed by atoms with E-state index in [4.69, 9.17) is 11.6 Å². The molecule has 0 radical (unpaired) electrons. The van der Waals surface area contributed by atoms with Gasteiger partial charge in [0.05, 0.1) is 0 Å². The Labute approximate surface area is 131 Å². The van der Waals surface area contributed by atoms with Crippen LogP contribution in [0.2, 0.25) is 5.02 Å². The molecule has 114 valence electrons. The molecular formula is C17H23ClN2O. The van der Waals surface area contributed by atoms with Crippen molar-refractivity contribution in [3.8, 4) is 0 Å². The van der Waals surface area contributed by atoms with E-state index in [1.165, 1.54) is 31.3 Å². The van der Waals surface area contributed by atoms with Crippen molar-refractivity contribution in [3.63, 3.8) is 0 Å². The number of urea groups is 1. The molecule has 1 aromatic carbocycles. The SMILES string of the molecule is C/C(=C\NC(=O)NCCc1ccc(Cl)cc1)C1CCCC1. The van der Waals surface area contributed by atoms with Crippen LogP contribution < -0.4 is 10.6 Å². The molecule has 1 aliphatic rings. The highest BCUT2D eigenvalue weighted by molar-refractivity contribution is 6.30. The Morgan fingerprint density at radius 3 is 2.62 bits per heavy atom. The van der Waals surface area contributed by atoms with Crippen LogP contribution in [0.3, 0.4) is 0 Å². The Bertz CT molecular complexity index is 490. The Kier molecular flexibility index (Phi) is 6.12. The average molecular weight is 307 g/mol. The molecule has 21 heavy (non-hydrogen) atoms. The van der Waals surface area contributed by atoms with Gasteiger partial charge in [0.15, 0.2) is 0 Å². The summed E-state index contributed by atoms with van der Waals surface area (Å²) in [5.74, 6) is 0.652. The van der Waals surface area contributed by atoms with E-state index in [-0.39, 0.29) is 6.03 Å². The third kappa shape index (κ3) is 5.43. The third-order valence-electron chi connectivity index (χ3n) is 4.04. The van der Waals surface area contributed by atoms with Gasteiger partial charge in [0.25, 0.3) is 0 Å². The summed E-state index contributed by atoms with van der Waals surface area (Å²) in [6, 6.07) is 7.55. The third-order valence-corrected chi connectivity index (χ3v) is 4.29. The van der Waals surface area contributed by atoms with Crippen molar-refractivity contribution in [1.29, 1.82) is 0 Å². The predicted molar refractivity (Wildman–Crippen MR) is 87.4 cm³/mol. The van der Waals surface area contributed by atoms with Crippen molar-refractivity contribution in [1.82, 2.24) is 10.6 Å². The highest BCUT2D eigenvalue weighted by Gasteiger charge is 2.16. The Morgan fingerprint density at radius 1 is 1.29 bits per heavy atom. The number of hydrogen-bond donors (Lipinski definition) is 2. The summed E-state index contributed by atoms with van der Waals surface area (Å²) in [4.78, 5) is 11.7. The van der Waals surface area contributed by atoms with Gasteiger partial charge in [0, 0.05) is 17.8 Å². The lowest BCUT2D eigenvalue weighted by atomic mass is 10.0. The van der Waals surface area contributed by atoms with E-state index in [1.807, 2.05) is 30.5 Å². The van der Waals surface area contributed by atoms with Gasteiger partial charge >= 0.3 is 6.03 Å². The number of benzene rings is 1. The fourth-order valence-corrected chi connectivity index (χ4v) is 2.83. The van der Waals surface area contributed by atoms with E-state index in [2.05, 4.69) is 17.6 Å². The molecule has 0 heterocycles. The van der Waals surface area contributed by atoms with Gasteiger partial charge in [-0.2, -0.15) is 0 Å². The maximum atomic E-state index is 11.7. The number of carbonyl (C=O) groups excluding carboxylic acids is 1. The molecule has 1 fully saturated rings. The molecule has 1 saturated carbocycles. The molecule has 2 rings (SSSR count). The molecular weight excluding hydrogens is 284 g/mol. The van der Waals surface area contributed by atoms with E-state index in [9.17, 15) is 4.79 Å². The van der Waals surface area contributed by atoms with Gasteiger partial charge in [0.2, 0.25) is 0 Å². The van der Waals surface area contributed by atoms with Crippen LogP contribution in [0.15, 0.2) is 36.0 Å². The summed E-state index contributed by atoms with van der Waals surface area (Å²) in [6.07, 6.45) is 7.78. The number of carbonyl (C=O) groups is 1. The molecule has 0 atom stereocenters. The highest BCUT2D eigenvalue weighted by Crippen LogP contribution is 2.30. The minimum Gasteiger partial charge on any atom is -0.338 e. The second-order valence-electron chi connectivity index (χ2n) is 5.65. The average Bonchev–Trinajstić information content (AvgIpc) is 3.01. The van der Waals surface area contributed by atoms with Crippen molar-refractivity contribution in [2.45, 2.75) is 39.0 Å². The van der Waals surface area contributed by atoms with Gasteiger partial charge in [-0.05, 0) is 49.8 Å². The maximum absolute atomic E-state index is 11.7. The van der Waals surface area contributed by atoms with Crippen LogP contribution in [-0.2, 0) is 6.42 Å². The molecule has 1 aliphatic carbocycles. The number of hydrogen-bond acceptors (Lipinski definition) is 1. The highest BCUT2D eigenvalue weighted by atomic mass is 35.5. The molecule has 0 aromatic heterocycles. The largest absolute Gasteiger partial charge is 0.338 e. The molecule has 0 aliphatic heterocycles. The lowest BCUT2D eigenvalue weighted by Crippen LogP contribution is -2.33. The standard InChI is InChI=1S/C17H23ClN2O/c1-13(15-4-2-3-5-15)12-20-17(21)19-11-10-14-6-8-16(18)9-7-14/h6-9,12,15H,2-5,10-11H2,1H3,(H2,19,20,21)/b13-12+. The lowest BCUT2D eigenvalue weighted by Gasteiger charge is -2.10. The van der Waals surface area contributed by atoms with Crippen LogP contribution in [0, 0.1) is 5.92 Å². The fourth-order valence-electron chi connectivity index (χ4n) is 2.70. The van der Waals surface area contributed by atoms with E-state index in [0.717, 1.165) is 17.0 Å². The van der Waals surface area contributed by atoms with E-state index < -0.39 is 0 Å².